The first-order valence-electron chi connectivity index (χ1n) is 10.0. The molecule has 4 heteroatoms. The van der Waals surface area contributed by atoms with E-state index in [1.165, 1.54) is 44.0 Å². The van der Waals surface area contributed by atoms with E-state index in [0.717, 1.165) is 39.9 Å². The summed E-state index contributed by atoms with van der Waals surface area (Å²) in [6.45, 7) is 3.24. The third-order valence-corrected chi connectivity index (χ3v) is 5.29. The van der Waals surface area contributed by atoms with E-state index in [0.29, 0.717) is 0 Å². The summed E-state index contributed by atoms with van der Waals surface area (Å²) >= 11 is 0. The quantitative estimate of drug-likeness (QED) is 0.356. The van der Waals surface area contributed by atoms with E-state index in [2.05, 4.69) is 23.6 Å². The Morgan fingerprint density at radius 3 is 2.41 bits per heavy atom. The number of methoxy groups -OCH3 is 1. The average Bonchev–Trinajstić information content (AvgIpc) is 3.01. The van der Waals surface area contributed by atoms with Gasteiger partial charge in [-0.15, -0.1) is 0 Å². The second kappa shape index (κ2) is 7.95. The van der Waals surface area contributed by atoms with Crippen molar-refractivity contribution in [3.63, 3.8) is 0 Å². The fourth-order valence-corrected chi connectivity index (χ4v) is 3.82. The van der Waals surface area contributed by atoms with Crippen LogP contribution in [0, 0.1) is 0 Å². The van der Waals surface area contributed by atoms with Gasteiger partial charge in [0.2, 0.25) is 0 Å². The number of benzene rings is 2. The molecule has 0 saturated carbocycles. The van der Waals surface area contributed by atoms with Crippen molar-refractivity contribution in [2.24, 2.45) is 0 Å². The second-order valence-electron chi connectivity index (χ2n) is 7.19. The van der Waals surface area contributed by atoms with Crippen LogP contribution in [0.25, 0.3) is 33.1 Å². The predicted molar refractivity (Wildman–Crippen MR) is 112 cm³/mol. The van der Waals surface area contributed by atoms with Crippen molar-refractivity contribution in [1.82, 2.24) is 14.5 Å². The Balaban J connectivity index is 1.76. The van der Waals surface area contributed by atoms with Crippen molar-refractivity contribution >= 4 is 33.1 Å². The zero-order valence-corrected chi connectivity index (χ0v) is 16.2. The van der Waals surface area contributed by atoms with Crippen LogP contribution in [0.1, 0.15) is 45.4 Å². The highest BCUT2D eigenvalue weighted by Gasteiger charge is 2.15. The van der Waals surface area contributed by atoms with E-state index in [4.69, 9.17) is 14.7 Å². The van der Waals surface area contributed by atoms with Gasteiger partial charge in [0.25, 0.3) is 0 Å². The fourth-order valence-electron chi connectivity index (χ4n) is 3.82. The van der Waals surface area contributed by atoms with Crippen LogP contribution < -0.4 is 4.74 Å². The molecule has 4 nitrogen and oxygen atoms in total. The van der Waals surface area contributed by atoms with Crippen LogP contribution in [-0.2, 0) is 6.54 Å². The molecule has 0 saturated heterocycles. The van der Waals surface area contributed by atoms with Gasteiger partial charge in [-0.25, -0.2) is 9.97 Å². The third-order valence-electron chi connectivity index (χ3n) is 5.29. The highest BCUT2D eigenvalue weighted by Crippen LogP contribution is 2.31. The number of hydrogen-bond acceptors (Lipinski definition) is 3. The molecule has 0 unspecified atom stereocenters. The Morgan fingerprint density at radius 2 is 1.63 bits per heavy atom. The first-order valence-corrected chi connectivity index (χ1v) is 10.0. The first kappa shape index (κ1) is 17.8. The minimum atomic E-state index is 0.857. The Hall–Kier alpha value is -2.62. The van der Waals surface area contributed by atoms with Gasteiger partial charge in [0, 0.05) is 11.9 Å². The molecular formula is C23H27N3O. The monoisotopic (exact) mass is 361 g/mol. The van der Waals surface area contributed by atoms with Crippen molar-refractivity contribution < 1.29 is 4.74 Å². The molecule has 0 bridgehead atoms. The first-order chi connectivity index (χ1) is 13.3. The van der Waals surface area contributed by atoms with E-state index in [1.54, 1.807) is 7.11 Å². The van der Waals surface area contributed by atoms with E-state index >= 15 is 0 Å². The predicted octanol–water partition coefficient (Wildman–Crippen LogP) is 6.11. The summed E-state index contributed by atoms with van der Waals surface area (Å²) in [6.07, 6.45) is 7.71. The SMILES string of the molecule is CCCCCCCCn1c2ccc(OC)cc2c2nc3ccccc3nc21. The van der Waals surface area contributed by atoms with Crippen molar-refractivity contribution in [2.45, 2.75) is 52.0 Å². The lowest BCUT2D eigenvalue weighted by Gasteiger charge is -2.07. The van der Waals surface area contributed by atoms with Gasteiger partial charge >= 0.3 is 0 Å². The Labute approximate surface area is 160 Å². The van der Waals surface area contributed by atoms with E-state index < -0.39 is 0 Å². The Morgan fingerprint density at radius 1 is 0.889 bits per heavy atom. The van der Waals surface area contributed by atoms with E-state index in [1.807, 2.05) is 30.3 Å². The molecule has 0 aliphatic heterocycles. The molecule has 0 spiro atoms. The Kier molecular flexibility index (Phi) is 5.23. The number of aryl methyl sites for hydroxylation is 1. The van der Waals surface area contributed by atoms with Gasteiger partial charge < -0.3 is 9.30 Å². The highest BCUT2D eigenvalue weighted by molar-refractivity contribution is 6.06. The molecule has 0 aliphatic rings. The number of aromatic nitrogens is 3. The molecule has 140 valence electrons. The van der Waals surface area contributed by atoms with Crippen molar-refractivity contribution in [3.05, 3.63) is 42.5 Å². The van der Waals surface area contributed by atoms with Gasteiger partial charge in [-0.3, -0.25) is 0 Å². The van der Waals surface area contributed by atoms with Crippen LogP contribution in [0.4, 0.5) is 0 Å². The maximum atomic E-state index is 5.45. The lowest BCUT2D eigenvalue weighted by Crippen LogP contribution is -2.00. The molecule has 0 amide bonds. The zero-order chi connectivity index (χ0) is 18.6. The summed E-state index contributed by atoms with van der Waals surface area (Å²) in [5.41, 5.74) is 5.02. The number of fused-ring (bicyclic) bond motifs is 4. The highest BCUT2D eigenvalue weighted by atomic mass is 16.5. The molecule has 2 heterocycles. The van der Waals surface area contributed by atoms with Gasteiger partial charge in [-0.05, 0) is 36.8 Å². The minimum Gasteiger partial charge on any atom is -0.497 e. The number of nitrogens with zero attached hydrogens (tertiary/aromatic N) is 3. The Bertz CT molecular complexity index is 1070. The molecular weight excluding hydrogens is 334 g/mol. The maximum Gasteiger partial charge on any atom is 0.160 e. The van der Waals surface area contributed by atoms with Gasteiger partial charge in [0.1, 0.15) is 11.3 Å². The molecule has 0 aliphatic carbocycles. The van der Waals surface area contributed by atoms with Gasteiger partial charge in [0.15, 0.2) is 5.65 Å². The molecule has 0 atom stereocenters. The standard InChI is InChI=1S/C23H27N3O/c1-3-4-5-6-7-10-15-26-21-14-13-17(27-2)16-18(21)22-23(26)25-20-12-9-8-11-19(20)24-22/h8-9,11-14,16H,3-7,10,15H2,1-2H3. The normalized spacial score (nSPS) is 11.6. The van der Waals surface area contributed by atoms with Crippen LogP contribution in [0.5, 0.6) is 5.75 Å². The van der Waals surface area contributed by atoms with Crippen molar-refractivity contribution in [1.29, 1.82) is 0 Å². The van der Waals surface area contributed by atoms with Crippen LogP contribution >= 0.6 is 0 Å². The average molecular weight is 361 g/mol. The number of rotatable bonds is 8. The number of unbranched alkanes of at least 4 members (excludes halogenated alkanes) is 5. The molecule has 2 aromatic heterocycles. The molecule has 2 aromatic carbocycles. The van der Waals surface area contributed by atoms with Crippen LogP contribution in [-0.4, -0.2) is 21.6 Å². The summed E-state index contributed by atoms with van der Waals surface area (Å²) < 4.78 is 7.78. The number of para-hydroxylation sites is 2. The zero-order valence-electron chi connectivity index (χ0n) is 16.2. The smallest absolute Gasteiger partial charge is 0.160 e. The van der Waals surface area contributed by atoms with Crippen LogP contribution in [0.15, 0.2) is 42.5 Å². The summed E-state index contributed by atoms with van der Waals surface area (Å²) in [6, 6.07) is 14.3. The van der Waals surface area contributed by atoms with Crippen LogP contribution in [0.3, 0.4) is 0 Å². The van der Waals surface area contributed by atoms with Gasteiger partial charge in [-0.1, -0.05) is 51.2 Å². The molecule has 4 aromatic rings. The van der Waals surface area contributed by atoms with E-state index in [-0.39, 0.29) is 0 Å². The van der Waals surface area contributed by atoms with Crippen LogP contribution in [0.2, 0.25) is 0 Å². The lowest BCUT2D eigenvalue weighted by molar-refractivity contribution is 0.415. The molecule has 4 rings (SSSR count). The topological polar surface area (TPSA) is 39.9 Å². The molecule has 27 heavy (non-hydrogen) atoms. The lowest BCUT2D eigenvalue weighted by atomic mass is 10.1. The minimum absolute atomic E-state index is 0.857. The van der Waals surface area contributed by atoms with Gasteiger partial charge in [-0.2, -0.15) is 0 Å². The third kappa shape index (κ3) is 3.48. The maximum absolute atomic E-state index is 5.45. The number of hydrogen-bond donors (Lipinski definition) is 0. The van der Waals surface area contributed by atoms with Crippen molar-refractivity contribution in [3.8, 4) is 5.75 Å². The largest absolute Gasteiger partial charge is 0.497 e. The molecule has 0 fully saturated rings. The summed E-state index contributed by atoms with van der Waals surface area (Å²) in [5, 5.41) is 1.12. The van der Waals surface area contributed by atoms with Gasteiger partial charge in [0.05, 0.1) is 23.7 Å². The van der Waals surface area contributed by atoms with Crippen molar-refractivity contribution in [2.75, 3.05) is 7.11 Å². The molecule has 0 N–H and O–H groups in total. The number of ether oxygens (including phenoxy) is 1. The summed E-state index contributed by atoms with van der Waals surface area (Å²) in [4.78, 5) is 9.89. The second-order valence-corrected chi connectivity index (χ2v) is 7.19. The summed E-state index contributed by atoms with van der Waals surface area (Å²) in [7, 11) is 1.71. The molecule has 0 radical (unpaired) electrons. The summed E-state index contributed by atoms with van der Waals surface area (Å²) in [5.74, 6) is 0.857. The van der Waals surface area contributed by atoms with E-state index in [9.17, 15) is 0 Å². The fraction of sp³-hybridized carbons (Fsp3) is 0.391.